The summed E-state index contributed by atoms with van der Waals surface area (Å²) in [6.07, 6.45) is 2.86. The Hall–Kier alpha value is -3.27. The monoisotopic (exact) mass is 496 g/mol. The Balaban J connectivity index is 1.43. The summed E-state index contributed by atoms with van der Waals surface area (Å²) in [5.41, 5.74) is 1.94. The van der Waals surface area contributed by atoms with Crippen LogP contribution < -0.4 is 21.1 Å². The smallest absolute Gasteiger partial charge is 0.273 e. The molecule has 9 nitrogen and oxygen atoms in total. The van der Waals surface area contributed by atoms with E-state index < -0.39 is 0 Å². The Morgan fingerprint density at radius 3 is 2.60 bits per heavy atom. The molecule has 0 bridgehead atoms. The van der Waals surface area contributed by atoms with Crippen molar-refractivity contribution in [2.45, 2.75) is 59.0 Å². The molecule has 3 heterocycles. The zero-order chi connectivity index (χ0) is 25.1. The molecular formula is C25H32N6O3S. The van der Waals surface area contributed by atoms with E-state index in [1.165, 1.54) is 22.2 Å². The van der Waals surface area contributed by atoms with Crippen LogP contribution in [0.5, 0.6) is 0 Å². The zero-order valence-corrected chi connectivity index (χ0v) is 21.4. The summed E-state index contributed by atoms with van der Waals surface area (Å²) in [5, 5.41) is 6.57. The van der Waals surface area contributed by atoms with Gasteiger partial charge in [-0.25, -0.2) is 4.98 Å². The number of nitrogens with zero attached hydrogens (tertiary/aromatic N) is 4. The number of anilines is 2. The second-order valence-corrected chi connectivity index (χ2v) is 10.6. The molecule has 1 aromatic carbocycles. The van der Waals surface area contributed by atoms with E-state index in [1.807, 2.05) is 38.1 Å². The molecule has 0 atom stereocenters. The van der Waals surface area contributed by atoms with Crippen LogP contribution in [0, 0.1) is 5.92 Å². The van der Waals surface area contributed by atoms with Crippen molar-refractivity contribution in [1.82, 2.24) is 19.9 Å². The first-order valence-electron chi connectivity index (χ1n) is 12.0. The number of thiazole rings is 1. The summed E-state index contributed by atoms with van der Waals surface area (Å²) in [5.74, 6) is 0.158. The lowest BCUT2D eigenvalue weighted by atomic mass is 9.96. The molecule has 0 radical (unpaired) electrons. The second-order valence-electron chi connectivity index (χ2n) is 9.58. The molecular weight excluding hydrogens is 464 g/mol. The maximum atomic E-state index is 13.0. The van der Waals surface area contributed by atoms with Crippen LogP contribution in [0.1, 0.15) is 52.0 Å². The van der Waals surface area contributed by atoms with Crippen molar-refractivity contribution in [3.8, 4) is 0 Å². The summed E-state index contributed by atoms with van der Waals surface area (Å²) in [4.78, 5) is 48.9. The van der Waals surface area contributed by atoms with Gasteiger partial charge in [-0.15, -0.1) is 0 Å². The molecule has 0 saturated carbocycles. The Kier molecular flexibility index (Phi) is 7.49. The van der Waals surface area contributed by atoms with E-state index in [1.54, 1.807) is 0 Å². The van der Waals surface area contributed by atoms with Gasteiger partial charge in [-0.2, -0.15) is 4.98 Å². The summed E-state index contributed by atoms with van der Waals surface area (Å²) in [6.45, 7) is 9.37. The summed E-state index contributed by atoms with van der Waals surface area (Å²) < 4.78 is 1.74. The van der Waals surface area contributed by atoms with Crippen molar-refractivity contribution in [3.05, 3.63) is 46.5 Å². The fourth-order valence-corrected chi connectivity index (χ4v) is 5.17. The third-order valence-electron chi connectivity index (χ3n) is 6.09. The molecule has 2 aromatic heterocycles. The van der Waals surface area contributed by atoms with Gasteiger partial charge in [0.1, 0.15) is 17.6 Å². The normalized spacial score (nSPS) is 14.6. The molecule has 3 aromatic rings. The summed E-state index contributed by atoms with van der Waals surface area (Å²) >= 11 is 1.29. The molecule has 4 rings (SSSR count). The van der Waals surface area contributed by atoms with Gasteiger partial charge in [0.2, 0.25) is 11.8 Å². The maximum Gasteiger partial charge on any atom is 0.273 e. The van der Waals surface area contributed by atoms with Gasteiger partial charge >= 0.3 is 0 Å². The van der Waals surface area contributed by atoms with Crippen LogP contribution in [0.15, 0.2) is 35.4 Å². The summed E-state index contributed by atoms with van der Waals surface area (Å²) in [7, 11) is 0. The van der Waals surface area contributed by atoms with Gasteiger partial charge in [-0.3, -0.25) is 19.0 Å². The Bertz CT molecular complexity index is 1270. The molecule has 1 aliphatic rings. The molecule has 1 aliphatic heterocycles. The zero-order valence-electron chi connectivity index (χ0n) is 20.6. The van der Waals surface area contributed by atoms with Gasteiger partial charge in [0, 0.05) is 30.7 Å². The highest BCUT2D eigenvalue weighted by Crippen LogP contribution is 2.29. The number of nitrogens with one attached hydrogen (secondary N) is 2. The molecule has 2 amide bonds. The minimum atomic E-state index is -0.291. The average molecular weight is 497 g/mol. The second kappa shape index (κ2) is 10.6. The number of carbonyl (C=O) groups excluding carboxylic acids is 2. The fraction of sp³-hybridized carbons (Fsp3) is 0.480. The highest BCUT2D eigenvalue weighted by atomic mass is 32.1. The minimum Gasteiger partial charge on any atom is -0.354 e. The highest BCUT2D eigenvalue weighted by molar-refractivity contribution is 7.22. The minimum absolute atomic E-state index is 0.00174. The van der Waals surface area contributed by atoms with Crippen LogP contribution in [-0.2, 0) is 16.1 Å². The van der Waals surface area contributed by atoms with Crippen molar-refractivity contribution < 1.29 is 9.59 Å². The Labute approximate surface area is 208 Å². The number of fused-ring (bicyclic) bond motifs is 1. The van der Waals surface area contributed by atoms with E-state index in [2.05, 4.69) is 39.3 Å². The number of rotatable bonds is 7. The maximum absolute atomic E-state index is 13.0. The number of amides is 2. The SMILES string of the molecule is CC(C)NC(=O)C1CCN(c2nc3ncn(CC(=O)Nc4cccc(C(C)C)c4)c(=O)c3s2)CC1. The number of benzene rings is 1. The molecule has 1 saturated heterocycles. The predicted octanol–water partition coefficient (Wildman–Crippen LogP) is 3.36. The lowest BCUT2D eigenvalue weighted by molar-refractivity contribution is -0.126. The van der Waals surface area contributed by atoms with Crippen LogP contribution in [0.4, 0.5) is 10.8 Å². The Morgan fingerprint density at radius 2 is 1.91 bits per heavy atom. The van der Waals surface area contributed by atoms with Crippen molar-refractivity contribution in [3.63, 3.8) is 0 Å². The van der Waals surface area contributed by atoms with Gasteiger partial charge in [0.05, 0.1) is 0 Å². The largest absolute Gasteiger partial charge is 0.354 e. The quantitative estimate of drug-likeness (QED) is 0.519. The van der Waals surface area contributed by atoms with Gasteiger partial charge < -0.3 is 15.5 Å². The molecule has 35 heavy (non-hydrogen) atoms. The van der Waals surface area contributed by atoms with E-state index in [9.17, 15) is 14.4 Å². The average Bonchev–Trinajstić information content (AvgIpc) is 3.26. The number of hydrogen-bond donors (Lipinski definition) is 2. The van der Waals surface area contributed by atoms with E-state index >= 15 is 0 Å². The predicted molar refractivity (Wildman–Crippen MR) is 139 cm³/mol. The first kappa shape index (κ1) is 24.8. The molecule has 1 fully saturated rings. The number of aromatic nitrogens is 3. The van der Waals surface area contributed by atoms with Gasteiger partial charge in [0.15, 0.2) is 10.8 Å². The lowest BCUT2D eigenvalue weighted by Crippen LogP contribution is -2.42. The van der Waals surface area contributed by atoms with Crippen LogP contribution >= 0.6 is 11.3 Å². The van der Waals surface area contributed by atoms with Crippen LogP contribution in [0.25, 0.3) is 10.3 Å². The van der Waals surface area contributed by atoms with Gasteiger partial charge in [0.25, 0.3) is 5.56 Å². The molecule has 0 spiro atoms. The van der Waals surface area contributed by atoms with Crippen molar-refractivity contribution in [2.24, 2.45) is 5.92 Å². The van der Waals surface area contributed by atoms with Crippen LogP contribution in [0.3, 0.4) is 0 Å². The number of hydrogen-bond acceptors (Lipinski definition) is 7. The van der Waals surface area contributed by atoms with Crippen LogP contribution in [0.2, 0.25) is 0 Å². The van der Waals surface area contributed by atoms with E-state index in [4.69, 9.17) is 0 Å². The lowest BCUT2D eigenvalue weighted by Gasteiger charge is -2.31. The molecule has 2 N–H and O–H groups in total. The fourth-order valence-electron chi connectivity index (χ4n) is 4.15. The Morgan fingerprint density at radius 1 is 1.17 bits per heavy atom. The molecule has 0 aliphatic carbocycles. The molecule has 0 unspecified atom stereocenters. The number of carbonyl (C=O) groups is 2. The van der Waals surface area contributed by atoms with Gasteiger partial charge in [-0.1, -0.05) is 37.3 Å². The van der Waals surface area contributed by atoms with Crippen molar-refractivity contribution in [2.75, 3.05) is 23.3 Å². The third-order valence-corrected chi connectivity index (χ3v) is 7.18. The van der Waals surface area contributed by atoms with Gasteiger partial charge in [-0.05, 0) is 50.3 Å². The topological polar surface area (TPSA) is 109 Å². The van der Waals surface area contributed by atoms with Crippen molar-refractivity contribution >= 4 is 44.3 Å². The first-order valence-corrected chi connectivity index (χ1v) is 12.8. The van der Waals surface area contributed by atoms with Crippen molar-refractivity contribution in [1.29, 1.82) is 0 Å². The first-order chi connectivity index (χ1) is 16.7. The van der Waals surface area contributed by atoms with E-state index in [0.717, 1.165) is 23.5 Å². The summed E-state index contributed by atoms with van der Waals surface area (Å²) in [6, 6.07) is 7.83. The highest BCUT2D eigenvalue weighted by Gasteiger charge is 2.27. The molecule has 10 heteroatoms. The standard InChI is InChI=1S/C25H32N6O3S/c1-15(2)18-6-5-7-19(12-18)28-20(32)13-31-14-26-22-21(24(31)34)35-25(29-22)30-10-8-17(9-11-30)23(33)27-16(3)4/h5-7,12,14-17H,8-11,13H2,1-4H3,(H,27,33)(H,28,32). The third kappa shape index (κ3) is 5.87. The number of piperidine rings is 1. The molecule has 186 valence electrons. The van der Waals surface area contributed by atoms with E-state index in [-0.39, 0.29) is 35.9 Å². The van der Waals surface area contributed by atoms with Crippen LogP contribution in [-0.4, -0.2) is 45.5 Å². The van der Waals surface area contributed by atoms with E-state index in [0.29, 0.717) is 35.0 Å².